The number of hydrogen-bond acceptors (Lipinski definition) is 2. The summed E-state index contributed by atoms with van der Waals surface area (Å²) in [5.74, 6) is -1.76. The number of likely N-dealkylation sites (tertiary alicyclic amines) is 1. The minimum Gasteiger partial charge on any atom is -0.481 e. The van der Waals surface area contributed by atoms with Crippen LogP contribution in [-0.2, 0) is 9.59 Å². The van der Waals surface area contributed by atoms with Crippen molar-refractivity contribution in [1.29, 1.82) is 0 Å². The Hall–Kier alpha value is -1.62. The van der Waals surface area contributed by atoms with Gasteiger partial charge in [-0.3, -0.25) is 9.59 Å². The van der Waals surface area contributed by atoms with E-state index in [0.717, 1.165) is 5.56 Å². The first-order valence-corrected chi connectivity index (χ1v) is 6.73. The number of hydrogen-bond donors (Lipinski definition) is 1. The average molecular weight is 316 g/mol. The first-order chi connectivity index (χ1) is 9.47. The topological polar surface area (TPSA) is 57.6 Å². The van der Waals surface area contributed by atoms with Crippen LogP contribution in [-0.4, -0.2) is 35.0 Å². The molecule has 0 spiro atoms. The smallest absolute Gasteiger partial charge is 0.308 e. The first-order valence-electron chi connectivity index (χ1n) is 6.73. The van der Waals surface area contributed by atoms with E-state index in [1.165, 1.54) is 12.1 Å². The molecule has 116 valence electrons. The molecule has 0 radical (unpaired) electrons. The second-order valence-corrected chi connectivity index (χ2v) is 5.32. The van der Waals surface area contributed by atoms with E-state index in [2.05, 4.69) is 0 Å². The first kappa shape index (κ1) is 17.4. The minimum atomic E-state index is -0.849. The van der Waals surface area contributed by atoms with Gasteiger partial charge in [0.2, 0.25) is 5.91 Å². The Morgan fingerprint density at radius 2 is 2.19 bits per heavy atom. The molecule has 1 aliphatic rings. The third-order valence-corrected chi connectivity index (χ3v) is 3.79. The summed E-state index contributed by atoms with van der Waals surface area (Å²) in [5.41, 5.74) is 0.785. The monoisotopic (exact) mass is 315 g/mol. The fraction of sp³-hybridized carbons (Fsp3) is 0.467. The van der Waals surface area contributed by atoms with E-state index in [1.807, 2.05) is 6.92 Å². The van der Waals surface area contributed by atoms with Gasteiger partial charge in [-0.25, -0.2) is 4.39 Å². The normalized spacial score (nSPS) is 19.0. The molecular formula is C15H19ClFNO3. The Balaban J connectivity index is 0.00000220. The maximum Gasteiger partial charge on any atom is 0.308 e. The maximum absolute atomic E-state index is 13.1. The van der Waals surface area contributed by atoms with E-state index in [-0.39, 0.29) is 43.0 Å². The van der Waals surface area contributed by atoms with Crippen molar-refractivity contribution in [1.82, 2.24) is 4.90 Å². The van der Waals surface area contributed by atoms with Crippen molar-refractivity contribution in [2.75, 3.05) is 13.1 Å². The van der Waals surface area contributed by atoms with E-state index in [1.54, 1.807) is 17.0 Å². The molecule has 1 aliphatic heterocycles. The van der Waals surface area contributed by atoms with Crippen LogP contribution in [0.15, 0.2) is 24.3 Å². The highest BCUT2D eigenvalue weighted by Gasteiger charge is 2.31. The summed E-state index contributed by atoms with van der Waals surface area (Å²) in [6.07, 6.45) is 0.783. The molecule has 1 aromatic rings. The summed E-state index contributed by atoms with van der Waals surface area (Å²) in [4.78, 5) is 24.6. The van der Waals surface area contributed by atoms with E-state index < -0.39 is 11.9 Å². The van der Waals surface area contributed by atoms with Crippen molar-refractivity contribution in [2.45, 2.75) is 25.7 Å². The number of carbonyl (C=O) groups is 2. The maximum atomic E-state index is 13.1. The number of amides is 1. The van der Waals surface area contributed by atoms with Crippen molar-refractivity contribution >= 4 is 24.3 Å². The predicted octanol–water partition coefficient (Wildman–Crippen LogP) is 2.67. The lowest BCUT2D eigenvalue weighted by Crippen LogP contribution is -2.30. The highest BCUT2D eigenvalue weighted by Crippen LogP contribution is 2.23. The van der Waals surface area contributed by atoms with Crippen LogP contribution in [0.2, 0.25) is 0 Å². The van der Waals surface area contributed by atoms with Gasteiger partial charge in [0.05, 0.1) is 5.92 Å². The number of nitrogens with zero attached hydrogens (tertiary/aromatic N) is 1. The van der Waals surface area contributed by atoms with Crippen molar-refractivity contribution in [3.63, 3.8) is 0 Å². The molecule has 0 saturated carbocycles. The van der Waals surface area contributed by atoms with Crippen LogP contribution in [0.1, 0.15) is 31.2 Å². The van der Waals surface area contributed by atoms with Crippen LogP contribution in [0.5, 0.6) is 0 Å². The number of benzene rings is 1. The number of carboxylic acids is 1. The van der Waals surface area contributed by atoms with Gasteiger partial charge >= 0.3 is 5.97 Å². The van der Waals surface area contributed by atoms with Gasteiger partial charge in [0, 0.05) is 19.5 Å². The lowest BCUT2D eigenvalue weighted by atomic mass is 9.97. The molecule has 1 fully saturated rings. The number of carboxylic acid groups (broad SMARTS) is 1. The van der Waals surface area contributed by atoms with E-state index in [4.69, 9.17) is 5.11 Å². The molecule has 4 nitrogen and oxygen atoms in total. The summed E-state index contributed by atoms with van der Waals surface area (Å²) >= 11 is 0. The average Bonchev–Trinajstić information content (AvgIpc) is 2.88. The van der Waals surface area contributed by atoms with E-state index >= 15 is 0 Å². The zero-order valence-electron chi connectivity index (χ0n) is 11.8. The minimum absolute atomic E-state index is 0. The number of aliphatic carboxylic acids is 1. The van der Waals surface area contributed by atoms with Crippen molar-refractivity contribution in [3.05, 3.63) is 35.6 Å². The molecule has 1 saturated heterocycles. The van der Waals surface area contributed by atoms with Gasteiger partial charge in [0.1, 0.15) is 5.82 Å². The Bertz CT molecular complexity index is 523. The highest BCUT2D eigenvalue weighted by atomic mass is 35.5. The summed E-state index contributed by atoms with van der Waals surface area (Å²) < 4.78 is 13.1. The van der Waals surface area contributed by atoms with Crippen LogP contribution in [0.25, 0.3) is 0 Å². The highest BCUT2D eigenvalue weighted by molar-refractivity contribution is 5.85. The second kappa shape index (κ2) is 7.41. The fourth-order valence-corrected chi connectivity index (χ4v) is 2.51. The standard InChI is InChI=1S/C15H18FNO3.ClH/c1-10(11-3-2-4-13(16)8-11)7-14(18)17-6-5-12(9-17)15(19)20;/h2-4,8,10,12H,5-7,9H2,1H3,(H,19,20);1H. The fourth-order valence-electron chi connectivity index (χ4n) is 2.51. The van der Waals surface area contributed by atoms with Gasteiger partial charge in [0.15, 0.2) is 0 Å². The molecule has 2 unspecified atom stereocenters. The van der Waals surface area contributed by atoms with Gasteiger partial charge in [-0.2, -0.15) is 0 Å². The number of carbonyl (C=O) groups excluding carboxylic acids is 1. The summed E-state index contributed by atoms with van der Waals surface area (Å²) in [7, 11) is 0. The lowest BCUT2D eigenvalue weighted by Gasteiger charge is -2.19. The van der Waals surface area contributed by atoms with Gasteiger partial charge < -0.3 is 10.0 Å². The van der Waals surface area contributed by atoms with Gasteiger partial charge in [-0.15, -0.1) is 12.4 Å². The van der Waals surface area contributed by atoms with Crippen LogP contribution in [0, 0.1) is 11.7 Å². The third-order valence-electron chi connectivity index (χ3n) is 3.79. The lowest BCUT2D eigenvalue weighted by molar-refractivity contribution is -0.141. The van der Waals surface area contributed by atoms with Crippen LogP contribution >= 0.6 is 12.4 Å². The Kier molecular flexibility index (Phi) is 6.15. The molecule has 21 heavy (non-hydrogen) atoms. The van der Waals surface area contributed by atoms with Crippen LogP contribution < -0.4 is 0 Å². The van der Waals surface area contributed by atoms with Gasteiger partial charge in [-0.05, 0) is 30.0 Å². The number of halogens is 2. The van der Waals surface area contributed by atoms with Crippen molar-refractivity contribution in [3.8, 4) is 0 Å². The molecular weight excluding hydrogens is 297 g/mol. The second-order valence-electron chi connectivity index (χ2n) is 5.32. The summed E-state index contributed by atoms with van der Waals surface area (Å²) in [6.45, 7) is 2.65. The van der Waals surface area contributed by atoms with E-state index in [9.17, 15) is 14.0 Å². The Morgan fingerprint density at radius 1 is 1.48 bits per heavy atom. The molecule has 1 N–H and O–H groups in total. The predicted molar refractivity (Wildman–Crippen MR) is 79.0 cm³/mol. The molecule has 1 aromatic carbocycles. The summed E-state index contributed by atoms with van der Waals surface area (Å²) in [5, 5.41) is 8.92. The summed E-state index contributed by atoms with van der Waals surface area (Å²) in [6, 6.07) is 6.23. The van der Waals surface area contributed by atoms with E-state index in [0.29, 0.717) is 13.0 Å². The van der Waals surface area contributed by atoms with Gasteiger partial charge in [0.25, 0.3) is 0 Å². The zero-order valence-corrected chi connectivity index (χ0v) is 12.6. The largest absolute Gasteiger partial charge is 0.481 e. The molecule has 0 aromatic heterocycles. The molecule has 2 atom stereocenters. The van der Waals surface area contributed by atoms with Crippen molar-refractivity contribution in [2.24, 2.45) is 5.92 Å². The van der Waals surface area contributed by atoms with Crippen LogP contribution in [0.3, 0.4) is 0 Å². The molecule has 2 rings (SSSR count). The molecule has 6 heteroatoms. The third kappa shape index (κ3) is 4.43. The van der Waals surface area contributed by atoms with Gasteiger partial charge in [-0.1, -0.05) is 19.1 Å². The zero-order chi connectivity index (χ0) is 14.7. The number of rotatable bonds is 4. The quantitative estimate of drug-likeness (QED) is 0.929. The Morgan fingerprint density at radius 3 is 2.76 bits per heavy atom. The Labute approximate surface area is 129 Å². The molecule has 0 aliphatic carbocycles. The molecule has 1 heterocycles. The molecule has 0 bridgehead atoms. The van der Waals surface area contributed by atoms with Crippen molar-refractivity contribution < 1.29 is 19.1 Å². The molecule has 1 amide bonds. The van der Waals surface area contributed by atoms with Crippen LogP contribution in [0.4, 0.5) is 4.39 Å². The SMILES string of the molecule is CC(CC(=O)N1CCC(C(=O)O)C1)c1cccc(F)c1.Cl.